The van der Waals surface area contributed by atoms with Crippen molar-refractivity contribution in [3.63, 3.8) is 0 Å². The number of thioether (sulfide) groups is 1. The van der Waals surface area contributed by atoms with Crippen LogP contribution in [0.15, 0.2) is 59.8 Å². The van der Waals surface area contributed by atoms with E-state index in [1.165, 1.54) is 5.56 Å². The van der Waals surface area contributed by atoms with Crippen molar-refractivity contribution in [2.45, 2.75) is 19.4 Å². The van der Waals surface area contributed by atoms with Gasteiger partial charge in [-0.3, -0.25) is 19.9 Å². The molecule has 1 aromatic carbocycles. The topological polar surface area (TPSA) is 103 Å². The number of imide groups is 1. The number of amides is 2. The summed E-state index contributed by atoms with van der Waals surface area (Å²) in [6.45, 7) is 3.45. The van der Waals surface area contributed by atoms with E-state index in [0.717, 1.165) is 67.7 Å². The Hall–Kier alpha value is -3.76. The third kappa shape index (κ3) is 6.20. The van der Waals surface area contributed by atoms with Gasteiger partial charge in [-0.15, -0.1) is 0 Å². The molecule has 10 heteroatoms. The highest BCUT2D eigenvalue weighted by Crippen LogP contribution is 2.27. The highest BCUT2D eigenvalue weighted by atomic mass is 32.2. The van der Waals surface area contributed by atoms with Crippen molar-refractivity contribution in [2.75, 3.05) is 43.5 Å². The number of aromatic nitrogens is 3. The molecule has 0 aliphatic carbocycles. The Morgan fingerprint density at radius 3 is 2.71 bits per heavy atom. The number of carbonyl (C=O) groups is 2. The third-order valence-corrected chi connectivity index (χ3v) is 7.57. The van der Waals surface area contributed by atoms with Crippen LogP contribution in [0.25, 0.3) is 17.3 Å². The summed E-state index contributed by atoms with van der Waals surface area (Å²) in [4.78, 5) is 41.6. The quantitative estimate of drug-likeness (QED) is 0.420. The Kier molecular flexibility index (Phi) is 8.00. The maximum Gasteiger partial charge on any atom is 0.290 e. The van der Waals surface area contributed by atoms with Gasteiger partial charge in [0.05, 0.1) is 16.3 Å². The minimum atomic E-state index is -0.381. The average molecular weight is 530 g/mol. The molecule has 5 rings (SSSR count). The molecular weight excluding hydrogens is 498 g/mol. The standard InChI is InChI=1S/C28H31N7O2S/c1-34(2)23-7-3-5-20(15-23)25-21(6-4-11-30-25)18-29-17-19-9-13-35(14-10-19)27-31-12-8-22(32-27)16-24-26(36)33-28(37)38-24/h3-8,11-12,15-16,19,29H,9-10,13-14,17-18H2,1-2H3,(H,33,36,37)/b24-16-. The number of anilines is 2. The van der Waals surface area contributed by atoms with E-state index in [2.05, 4.69) is 65.7 Å². The van der Waals surface area contributed by atoms with Crippen LogP contribution >= 0.6 is 11.8 Å². The van der Waals surface area contributed by atoms with Crippen molar-refractivity contribution >= 4 is 40.6 Å². The van der Waals surface area contributed by atoms with Gasteiger partial charge in [-0.1, -0.05) is 18.2 Å². The Morgan fingerprint density at radius 1 is 1.11 bits per heavy atom. The van der Waals surface area contributed by atoms with Crippen LogP contribution < -0.4 is 20.4 Å². The molecule has 2 N–H and O–H groups in total. The van der Waals surface area contributed by atoms with Gasteiger partial charge in [0, 0.05) is 57.4 Å². The smallest absolute Gasteiger partial charge is 0.290 e. The van der Waals surface area contributed by atoms with E-state index in [1.807, 2.05) is 26.4 Å². The number of hydrogen-bond acceptors (Lipinski definition) is 9. The Balaban J connectivity index is 1.15. The van der Waals surface area contributed by atoms with Gasteiger partial charge < -0.3 is 15.1 Å². The van der Waals surface area contributed by atoms with E-state index < -0.39 is 0 Å². The van der Waals surface area contributed by atoms with Crippen LogP contribution in [-0.2, 0) is 11.3 Å². The summed E-state index contributed by atoms with van der Waals surface area (Å²) in [5.41, 5.74) is 5.11. The van der Waals surface area contributed by atoms with Gasteiger partial charge in [0.2, 0.25) is 5.95 Å². The molecule has 2 aliphatic heterocycles. The van der Waals surface area contributed by atoms with Crippen LogP contribution in [-0.4, -0.2) is 59.8 Å². The Bertz CT molecular complexity index is 1350. The van der Waals surface area contributed by atoms with E-state index in [4.69, 9.17) is 0 Å². The molecule has 38 heavy (non-hydrogen) atoms. The SMILES string of the molecule is CN(C)c1cccc(-c2ncccc2CNCC2CCN(c3nccc(/C=C4\SC(=O)NC4=O)n3)CC2)c1. The molecule has 0 saturated carbocycles. The first-order chi connectivity index (χ1) is 18.5. The summed E-state index contributed by atoms with van der Waals surface area (Å²) in [5, 5.41) is 5.56. The van der Waals surface area contributed by atoms with Gasteiger partial charge in [-0.2, -0.15) is 0 Å². The summed E-state index contributed by atoms with van der Waals surface area (Å²) >= 11 is 0.892. The highest BCUT2D eigenvalue weighted by molar-refractivity contribution is 8.18. The normalized spacial score (nSPS) is 17.2. The first-order valence-electron chi connectivity index (χ1n) is 12.7. The summed E-state index contributed by atoms with van der Waals surface area (Å²) < 4.78 is 0. The Labute approximate surface area is 226 Å². The minimum Gasteiger partial charge on any atom is -0.378 e. The molecule has 0 radical (unpaired) electrons. The zero-order valence-corrected chi connectivity index (χ0v) is 22.4. The lowest BCUT2D eigenvalue weighted by Gasteiger charge is -2.32. The van der Waals surface area contributed by atoms with E-state index in [-0.39, 0.29) is 11.1 Å². The second kappa shape index (κ2) is 11.7. The van der Waals surface area contributed by atoms with Gasteiger partial charge in [-0.25, -0.2) is 9.97 Å². The highest BCUT2D eigenvalue weighted by Gasteiger charge is 2.26. The molecule has 0 atom stereocenters. The largest absolute Gasteiger partial charge is 0.378 e. The van der Waals surface area contributed by atoms with Gasteiger partial charge in [-0.05, 0) is 73.0 Å². The summed E-state index contributed by atoms with van der Waals surface area (Å²) in [6.07, 6.45) is 7.27. The van der Waals surface area contributed by atoms with Crippen molar-refractivity contribution in [3.05, 3.63) is 71.0 Å². The van der Waals surface area contributed by atoms with Crippen molar-refractivity contribution in [1.29, 1.82) is 0 Å². The van der Waals surface area contributed by atoms with Crippen molar-refractivity contribution in [3.8, 4) is 11.3 Å². The summed E-state index contributed by atoms with van der Waals surface area (Å²) in [7, 11) is 4.09. The van der Waals surface area contributed by atoms with E-state index in [0.29, 0.717) is 22.5 Å². The van der Waals surface area contributed by atoms with Crippen LogP contribution in [0.4, 0.5) is 16.4 Å². The minimum absolute atomic E-state index is 0.353. The predicted molar refractivity (Wildman–Crippen MR) is 152 cm³/mol. The molecule has 9 nitrogen and oxygen atoms in total. The first-order valence-corrected chi connectivity index (χ1v) is 13.5. The third-order valence-electron chi connectivity index (χ3n) is 6.76. The molecule has 4 heterocycles. The lowest BCUT2D eigenvalue weighted by molar-refractivity contribution is -0.115. The molecule has 0 bridgehead atoms. The monoisotopic (exact) mass is 529 g/mol. The van der Waals surface area contributed by atoms with Gasteiger partial charge in [0.15, 0.2) is 0 Å². The number of hydrogen-bond donors (Lipinski definition) is 2. The van der Waals surface area contributed by atoms with Crippen molar-refractivity contribution < 1.29 is 9.59 Å². The molecule has 0 unspecified atom stereocenters. The average Bonchev–Trinajstić information content (AvgIpc) is 3.25. The fourth-order valence-corrected chi connectivity index (χ4v) is 5.34. The Morgan fingerprint density at radius 2 is 1.95 bits per heavy atom. The number of carbonyl (C=O) groups excluding carboxylic acids is 2. The van der Waals surface area contributed by atoms with Crippen LogP contribution in [0.2, 0.25) is 0 Å². The molecule has 2 aromatic heterocycles. The van der Waals surface area contributed by atoms with E-state index in [9.17, 15) is 9.59 Å². The maximum absolute atomic E-state index is 11.8. The fraction of sp³-hybridized carbons (Fsp3) is 0.321. The number of nitrogens with zero attached hydrogens (tertiary/aromatic N) is 5. The van der Waals surface area contributed by atoms with Crippen LogP contribution in [0.5, 0.6) is 0 Å². The predicted octanol–water partition coefficient (Wildman–Crippen LogP) is 3.93. The second-order valence-electron chi connectivity index (χ2n) is 9.65. The van der Waals surface area contributed by atoms with Crippen LogP contribution in [0, 0.1) is 5.92 Å². The van der Waals surface area contributed by atoms with Gasteiger partial charge >= 0.3 is 0 Å². The molecule has 3 aromatic rings. The van der Waals surface area contributed by atoms with Gasteiger partial charge in [0.1, 0.15) is 0 Å². The number of nitrogens with one attached hydrogen (secondary N) is 2. The fourth-order valence-electron chi connectivity index (χ4n) is 4.67. The van der Waals surface area contributed by atoms with Crippen molar-refractivity contribution in [1.82, 2.24) is 25.6 Å². The van der Waals surface area contributed by atoms with E-state index >= 15 is 0 Å². The van der Waals surface area contributed by atoms with Crippen LogP contribution in [0.1, 0.15) is 24.1 Å². The zero-order valence-electron chi connectivity index (χ0n) is 21.6. The van der Waals surface area contributed by atoms with Crippen LogP contribution in [0.3, 0.4) is 0 Å². The van der Waals surface area contributed by atoms with Gasteiger partial charge in [0.25, 0.3) is 11.1 Å². The molecule has 0 spiro atoms. The van der Waals surface area contributed by atoms with E-state index in [1.54, 1.807) is 18.3 Å². The number of piperidine rings is 1. The summed E-state index contributed by atoms with van der Waals surface area (Å²) in [6, 6.07) is 14.3. The first kappa shape index (κ1) is 25.9. The van der Waals surface area contributed by atoms with Crippen molar-refractivity contribution in [2.24, 2.45) is 5.92 Å². The zero-order chi connectivity index (χ0) is 26.5. The molecule has 2 saturated heterocycles. The molecule has 2 aliphatic rings. The molecule has 2 amide bonds. The number of benzene rings is 1. The maximum atomic E-state index is 11.8. The lowest BCUT2D eigenvalue weighted by atomic mass is 9.96. The lowest BCUT2D eigenvalue weighted by Crippen LogP contribution is -2.38. The molecule has 196 valence electrons. The molecular formula is C28H31N7O2S. The number of rotatable bonds is 8. The number of pyridine rings is 1. The summed E-state index contributed by atoms with van der Waals surface area (Å²) in [5.74, 6) is 0.841. The second-order valence-corrected chi connectivity index (χ2v) is 10.7. The molecule has 2 fully saturated rings.